The molecule has 0 amide bonds. The van der Waals surface area contributed by atoms with Gasteiger partial charge in [-0.25, -0.2) is 0 Å². The summed E-state index contributed by atoms with van der Waals surface area (Å²) in [6.45, 7) is 7.23. The van der Waals surface area contributed by atoms with E-state index in [0.717, 1.165) is 5.92 Å². The molecule has 0 N–H and O–H groups in total. The molecule has 1 aliphatic rings. The highest BCUT2D eigenvalue weighted by atomic mass is 14.4. The second-order valence-corrected chi connectivity index (χ2v) is 5.80. The third-order valence-electron chi connectivity index (χ3n) is 4.75. The molecule has 0 aromatic heterocycles. The first-order chi connectivity index (χ1) is 7.23. The van der Waals surface area contributed by atoms with E-state index in [1.54, 1.807) is 0 Å². The Bertz CT molecular complexity index is 161. The van der Waals surface area contributed by atoms with Gasteiger partial charge in [-0.2, -0.15) is 0 Å². The second kappa shape index (κ2) is 6.55. The standard InChI is InChI=1S/C15H30/c1-4-6-7-8-11-14-12-9-10-13-15(14,3)5-2/h14H,4-13H2,1-3H3. The van der Waals surface area contributed by atoms with E-state index in [4.69, 9.17) is 0 Å². The third kappa shape index (κ3) is 3.81. The summed E-state index contributed by atoms with van der Waals surface area (Å²) in [6.07, 6.45) is 14.6. The van der Waals surface area contributed by atoms with Gasteiger partial charge in [0.05, 0.1) is 0 Å². The van der Waals surface area contributed by atoms with Crippen molar-refractivity contribution in [2.75, 3.05) is 0 Å². The maximum atomic E-state index is 2.54. The first kappa shape index (κ1) is 13.1. The van der Waals surface area contributed by atoms with Crippen molar-refractivity contribution in [3.8, 4) is 0 Å². The molecule has 1 fully saturated rings. The van der Waals surface area contributed by atoms with Crippen LogP contribution in [-0.2, 0) is 0 Å². The lowest BCUT2D eigenvalue weighted by atomic mass is 9.64. The number of hydrogen-bond donors (Lipinski definition) is 0. The monoisotopic (exact) mass is 210 g/mol. The highest BCUT2D eigenvalue weighted by Crippen LogP contribution is 2.45. The van der Waals surface area contributed by atoms with E-state index < -0.39 is 0 Å². The Morgan fingerprint density at radius 3 is 2.53 bits per heavy atom. The molecule has 90 valence electrons. The molecule has 0 aromatic carbocycles. The van der Waals surface area contributed by atoms with Crippen molar-refractivity contribution in [3.63, 3.8) is 0 Å². The fourth-order valence-electron chi connectivity index (χ4n) is 3.25. The normalized spacial score (nSPS) is 31.8. The van der Waals surface area contributed by atoms with Gasteiger partial charge in [0.15, 0.2) is 0 Å². The minimum atomic E-state index is 0.685. The smallest absolute Gasteiger partial charge is 0.0300 e. The van der Waals surface area contributed by atoms with Crippen molar-refractivity contribution >= 4 is 0 Å². The summed E-state index contributed by atoms with van der Waals surface area (Å²) in [6, 6.07) is 0. The summed E-state index contributed by atoms with van der Waals surface area (Å²) < 4.78 is 0. The quantitative estimate of drug-likeness (QED) is 0.503. The van der Waals surface area contributed by atoms with Gasteiger partial charge in [-0.15, -0.1) is 0 Å². The van der Waals surface area contributed by atoms with Crippen LogP contribution in [0.25, 0.3) is 0 Å². The SMILES string of the molecule is CCCCCCC1CCCCC1(C)CC. The third-order valence-corrected chi connectivity index (χ3v) is 4.75. The van der Waals surface area contributed by atoms with Gasteiger partial charge in [-0.3, -0.25) is 0 Å². The van der Waals surface area contributed by atoms with Gasteiger partial charge >= 0.3 is 0 Å². The van der Waals surface area contributed by atoms with Crippen LogP contribution < -0.4 is 0 Å². The number of rotatable bonds is 6. The molecular weight excluding hydrogens is 180 g/mol. The van der Waals surface area contributed by atoms with Crippen LogP contribution in [0, 0.1) is 11.3 Å². The van der Waals surface area contributed by atoms with E-state index >= 15 is 0 Å². The zero-order chi connectivity index (χ0) is 11.1. The Morgan fingerprint density at radius 1 is 1.07 bits per heavy atom. The molecule has 0 radical (unpaired) electrons. The van der Waals surface area contributed by atoms with Gasteiger partial charge in [-0.05, 0) is 30.6 Å². The average Bonchev–Trinajstić information content (AvgIpc) is 2.27. The molecule has 15 heavy (non-hydrogen) atoms. The zero-order valence-corrected chi connectivity index (χ0v) is 11.1. The molecule has 0 bridgehead atoms. The van der Waals surface area contributed by atoms with E-state index in [1.165, 1.54) is 64.2 Å². The minimum absolute atomic E-state index is 0.685. The van der Waals surface area contributed by atoms with Crippen LogP contribution in [0.3, 0.4) is 0 Å². The van der Waals surface area contributed by atoms with Crippen LogP contribution in [0.15, 0.2) is 0 Å². The van der Waals surface area contributed by atoms with Gasteiger partial charge in [0.25, 0.3) is 0 Å². The highest BCUT2D eigenvalue weighted by Gasteiger charge is 2.33. The lowest BCUT2D eigenvalue weighted by Crippen LogP contribution is -2.30. The van der Waals surface area contributed by atoms with Crippen LogP contribution in [0.5, 0.6) is 0 Å². The minimum Gasteiger partial charge on any atom is -0.0654 e. The Kier molecular flexibility index (Phi) is 5.71. The lowest BCUT2D eigenvalue weighted by Gasteiger charge is -2.41. The number of hydrogen-bond acceptors (Lipinski definition) is 0. The van der Waals surface area contributed by atoms with Crippen molar-refractivity contribution in [1.29, 1.82) is 0 Å². The van der Waals surface area contributed by atoms with Crippen molar-refractivity contribution in [3.05, 3.63) is 0 Å². The molecule has 1 aliphatic carbocycles. The molecule has 1 saturated carbocycles. The summed E-state index contributed by atoms with van der Waals surface area (Å²) in [5, 5.41) is 0. The topological polar surface area (TPSA) is 0 Å². The molecule has 2 atom stereocenters. The Labute approximate surface area is 96.8 Å². The fourth-order valence-corrected chi connectivity index (χ4v) is 3.25. The Balaban J connectivity index is 2.30. The predicted molar refractivity (Wildman–Crippen MR) is 69.1 cm³/mol. The molecule has 0 spiro atoms. The first-order valence-corrected chi connectivity index (χ1v) is 7.23. The molecule has 0 heterocycles. The fraction of sp³-hybridized carbons (Fsp3) is 1.00. The van der Waals surface area contributed by atoms with Crippen molar-refractivity contribution in [2.24, 2.45) is 11.3 Å². The summed E-state index contributed by atoms with van der Waals surface area (Å²) in [5.41, 5.74) is 0.685. The van der Waals surface area contributed by atoms with Crippen LogP contribution >= 0.6 is 0 Å². The van der Waals surface area contributed by atoms with E-state index in [-0.39, 0.29) is 0 Å². The molecule has 0 aromatic rings. The summed E-state index contributed by atoms with van der Waals surface area (Å²) in [5.74, 6) is 1.04. The van der Waals surface area contributed by atoms with Crippen molar-refractivity contribution in [1.82, 2.24) is 0 Å². The summed E-state index contributed by atoms with van der Waals surface area (Å²) in [4.78, 5) is 0. The van der Waals surface area contributed by atoms with Gasteiger partial charge in [0.2, 0.25) is 0 Å². The molecule has 0 nitrogen and oxygen atoms in total. The lowest BCUT2D eigenvalue weighted by molar-refractivity contribution is 0.0997. The predicted octanol–water partition coefficient (Wildman–Crippen LogP) is 5.56. The molecule has 0 heteroatoms. The molecular formula is C15H30. The van der Waals surface area contributed by atoms with Crippen molar-refractivity contribution < 1.29 is 0 Å². The Hall–Kier alpha value is 0. The molecule has 0 aliphatic heterocycles. The Morgan fingerprint density at radius 2 is 1.87 bits per heavy atom. The van der Waals surface area contributed by atoms with Gasteiger partial charge < -0.3 is 0 Å². The second-order valence-electron chi connectivity index (χ2n) is 5.80. The van der Waals surface area contributed by atoms with E-state index in [2.05, 4.69) is 20.8 Å². The van der Waals surface area contributed by atoms with Crippen LogP contribution in [0.4, 0.5) is 0 Å². The molecule has 0 saturated heterocycles. The van der Waals surface area contributed by atoms with Gasteiger partial charge in [0, 0.05) is 0 Å². The number of unbranched alkanes of at least 4 members (excludes halogenated alkanes) is 3. The largest absolute Gasteiger partial charge is 0.0654 e. The molecule has 1 rings (SSSR count). The first-order valence-electron chi connectivity index (χ1n) is 7.23. The van der Waals surface area contributed by atoms with Crippen LogP contribution in [0.2, 0.25) is 0 Å². The van der Waals surface area contributed by atoms with Crippen molar-refractivity contribution in [2.45, 2.75) is 85.0 Å². The summed E-state index contributed by atoms with van der Waals surface area (Å²) in [7, 11) is 0. The van der Waals surface area contributed by atoms with Gasteiger partial charge in [-0.1, -0.05) is 65.7 Å². The van der Waals surface area contributed by atoms with Crippen LogP contribution in [0.1, 0.15) is 85.0 Å². The average molecular weight is 210 g/mol. The molecule has 2 unspecified atom stereocenters. The van der Waals surface area contributed by atoms with E-state index in [1.807, 2.05) is 0 Å². The zero-order valence-electron chi connectivity index (χ0n) is 11.1. The maximum Gasteiger partial charge on any atom is -0.0300 e. The summed E-state index contributed by atoms with van der Waals surface area (Å²) >= 11 is 0. The van der Waals surface area contributed by atoms with E-state index in [9.17, 15) is 0 Å². The highest BCUT2D eigenvalue weighted by molar-refractivity contribution is 4.85. The van der Waals surface area contributed by atoms with E-state index in [0.29, 0.717) is 5.41 Å². The van der Waals surface area contributed by atoms with Gasteiger partial charge in [0.1, 0.15) is 0 Å². The van der Waals surface area contributed by atoms with Crippen LogP contribution in [-0.4, -0.2) is 0 Å². The maximum absolute atomic E-state index is 2.54.